The van der Waals surface area contributed by atoms with Gasteiger partial charge < -0.3 is 19.9 Å². The first-order valence-corrected chi connectivity index (χ1v) is 9.07. The molecule has 5 nitrogen and oxygen atoms in total. The lowest BCUT2D eigenvalue weighted by Crippen LogP contribution is -2.17. The number of alkyl halides is 3. The van der Waals surface area contributed by atoms with Crippen LogP contribution in [0.2, 0.25) is 0 Å². The van der Waals surface area contributed by atoms with Gasteiger partial charge in [0.25, 0.3) is 5.91 Å². The summed E-state index contributed by atoms with van der Waals surface area (Å²) in [5.41, 5.74) is 8.61. The van der Waals surface area contributed by atoms with Gasteiger partial charge in [0.15, 0.2) is 0 Å². The van der Waals surface area contributed by atoms with Gasteiger partial charge in [-0.2, -0.15) is 0 Å². The van der Waals surface area contributed by atoms with E-state index in [1.807, 2.05) is 32.5 Å². The largest absolute Gasteiger partial charge is 0.573 e. The Morgan fingerprint density at radius 2 is 1.96 bits per heavy atom. The molecule has 0 fully saturated rings. The van der Waals surface area contributed by atoms with E-state index in [9.17, 15) is 18.0 Å². The Morgan fingerprint density at radius 3 is 2.50 bits per heavy atom. The molecule has 1 aromatic heterocycles. The highest BCUT2D eigenvalue weighted by molar-refractivity contribution is 6.02. The van der Waals surface area contributed by atoms with Crippen molar-refractivity contribution in [3.8, 4) is 16.9 Å². The first-order chi connectivity index (χ1) is 13.0. The molecule has 1 heterocycles. The smallest absolute Gasteiger partial charge is 0.406 e. The molecule has 154 valence electrons. The summed E-state index contributed by atoms with van der Waals surface area (Å²) >= 11 is 0. The number of aromatic nitrogens is 1. The van der Waals surface area contributed by atoms with Crippen LogP contribution >= 0.6 is 0 Å². The molecule has 2 rings (SSSR count). The third-order valence-corrected chi connectivity index (χ3v) is 4.56. The average Bonchev–Trinajstić information content (AvgIpc) is 2.85. The number of ether oxygens (including phenoxy) is 1. The highest BCUT2D eigenvalue weighted by Gasteiger charge is 2.31. The van der Waals surface area contributed by atoms with Gasteiger partial charge in [0.2, 0.25) is 0 Å². The van der Waals surface area contributed by atoms with Crippen molar-refractivity contribution in [2.75, 3.05) is 20.6 Å². The number of benzene rings is 1. The van der Waals surface area contributed by atoms with E-state index < -0.39 is 12.3 Å². The Morgan fingerprint density at radius 1 is 1.29 bits per heavy atom. The topological polar surface area (TPSA) is 60.5 Å². The standard InChI is InChI=1S/C20H26F3N3O2/c1-5-16-18(14-8-6-9-15(12-14)28-20(21,22)23)17(19(24)27)13(2)26(16)11-7-10-25(3)4/h6,8-9,12H,5,7,10-11H2,1-4H3,(H2,24,27). The second-order valence-electron chi connectivity index (χ2n) is 6.88. The second kappa shape index (κ2) is 8.68. The van der Waals surface area contributed by atoms with Crippen LogP contribution in [0.15, 0.2) is 24.3 Å². The number of carbonyl (C=O) groups is 1. The van der Waals surface area contributed by atoms with Gasteiger partial charge in [-0.25, -0.2) is 0 Å². The molecule has 0 saturated carbocycles. The molecule has 0 bridgehead atoms. The lowest BCUT2D eigenvalue weighted by molar-refractivity contribution is -0.274. The molecule has 1 aromatic carbocycles. The van der Waals surface area contributed by atoms with Crippen LogP contribution in [-0.4, -0.2) is 42.4 Å². The number of nitrogens with zero attached hydrogens (tertiary/aromatic N) is 2. The average molecular weight is 397 g/mol. The zero-order valence-corrected chi connectivity index (χ0v) is 16.6. The van der Waals surface area contributed by atoms with E-state index in [0.717, 1.165) is 24.4 Å². The highest BCUT2D eigenvalue weighted by atomic mass is 19.4. The normalized spacial score (nSPS) is 11.9. The van der Waals surface area contributed by atoms with Crippen LogP contribution in [0.25, 0.3) is 11.1 Å². The van der Waals surface area contributed by atoms with Crippen molar-refractivity contribution in [1.82, 2.24) is 9.47 Å². The number of halogens is 3. The maximum Gasteiger partial charge on any atom is 0.573 e. The number of primary amides is 1. The zero-order valence-electron chi connectivity index (χ0n) is 16.6. The van der Waals surface area contributed by atoms with Crippen molar-refractivity contribution in [3.05, 3.63) is 41.2 Å². The minimum absolute atomic E-state index is 0.333. The molecule has 0 saturated heterocycles. The van der Waals surface area contributed by atoms with Crippen LogP contribution in [0.3, 0.4) is 0 Å². The van der Waals surface area contributed by atoms with Gasteiger partial charge in [-0.15, -0.1) is 13.2 Å². The van der Waals surface area contributed by atoms with Crippen LogP contribution in [0.4, 0.5) is 13.2 Å². The number of hydrogen-bond acceptors (Lipinski definition) is 3. The molecule has 0 unspecified atom stereocenters. The van der Waals surface area contributed by atoms with Crippen molar-refractivity contribution < 1.29 is 22.7 Å². The number of hydrogen-bond donors (Lipinski definition) is 1. The van der Waals surface area contributed by atoms with Gasteiger partial charge in [-0.05, 0) is 58.1 Å². The van der Waals surface area contributed by atoms with Crippen LogP contribution in [0.1, 0.15) is 35.1 Å². The van der Waals surface area contributed by atoms with Crippen molar-refractivity contribution in [3.63, 3.8) is 0 Å². The molecule has 0 radical (unpaired) electrons. The number of rotatable bonds is 8. The van der Waals surface area contributed by atoms with E-state index in [0.29, 0.717) is 29.7 Å². The van der Waals surface area contributed by atoms with Gasteiger partial charge >= 0.3 is 6.36 Å². The van der Waals surface area contributed by atoms with Gasteiger partial charge in [0, 0.05) is 23.5 Å². The zero-order chi connectivity index (χ0) is 21.1. The Labute approximate surface area is 162 Å². The van der Waals surface area contributed by atoms with E-state index in [-0.39, 0.29) is 5.75 Å². The minimum atomic E-state index is -4.78. The predicted octanol–water partition coefficient (Wildman–Crippen LogP) is 3.98. The number of nitrogens with two attached hydrogens (primary N) is 1. The summed E-state index contributed by atoms with van der Waals surface area (Å²) in [6.45, 7) is 5.32. The molecular formula is C20H26F3N3O2. The van der Waals surface area contributed by atoms with E-state index in [1.165, 1.54) is 18.2 Å². The van der Waals surface area contributed by atoms with Gasteiger partial charge in [-0.3, -0.25) is 4.79 Å². The summed E-state index contributed by atoms with van der Waals surface area (Å²) in [4.78, 5) is 14.3. The summed E-state index contributed by atoms with van der Waals surface area (Å²) in [6, 6.07) is 5.65. The molecule has 0 aliphatic carbocycles. The van der Waals surface area contributed by atoms with E-state index in [1.54, 1.807) is 6.07 Å². The van der Waals surface area contributed by atoms with Crippen molar-refractivity contribution in [1.29, 1.82) is 0 Å². The first kappa shape index (κ1) is 21.8. The second-order valence-corrected chi connectivity index (χ2v) is 6.88. The van der Waals surface area contributed by atoms with Crippen LogP contribution in [-0.2, 0) is 13.0 Å². The molecule has 2 N–H and O–H groups in total. The Bertz CT molecular complexity index is 842. The lowest BCUT2D eigenvalue weighted by atomic mass is 9.98. The Hall–Kier alpha value is -2.48. The molecule has 8 heteroatoms. The number of carbonyl (C=O) groups excluding carboxylic acids is 1. The first-order valence-electron chi connectivity index (χ1n) is 9.07. The molecule has 0 aliphatic heterocycles. The van der Waals surface area contributed by atoms with E-state index in [2.05, 4.69) is 9.64 Å². The molecule has 0 aliphatic rings. The molecule has 0 spiro atoms. The molecular weight excluding hydrogens is 371 g/mol. The maximum absolute atomic E-state index is 12.6. The summed E-state index contributed by atoms with van der Waals surface area (Å²) in [6.07, 6.45) is -3.31. The maximum atomic E-state index is 12.6. The van der Waals surface area contributed by atoms with Crippen LogP contribution in [0, 0.1) is 6.92 Å². The fourth-order valence-electron chi connectivity index (χ4n) is 3.47. The van der Waals surface area contributed by atoms with Crippen LogP contribution < -0.4 is 10.5 Å². The molecule has 1 amide bonds. The van der Waals surface area contributed by atoms with Gasteiger partial charge in [-0.1, -0.05) is 19.1 Å². The fourth-order valence-corrected chi connectivity index (χ4v) is 3.47. The van der Waals surface area contributed by atoms with Gasteiger partial charge in [0.1, 0.15) is 5.75 Å². The third-order valence-electron chi connectivity index (χ3n) is 4.56. The Balaban J connectivity index is 2.56. The van der Waals surface area contributed by atoms with Crippen LogP contribution in [0.5, 0.6) is 5.75 Å². The van der Waals surface area contributed by atoms with E-state index in [4.69, 9.17) is 5.73 Å². The summed E-state index contributed by atoms with van der Waals surface area (Å²) in [5, 5.41) is 0. The lowest BCUT2D eigenvalue weighted by Gasteiger charge is -2.14. The summed E-state index contributed by atoms with van der Waals surface area (Å²) < 4.78 is 43.9. The third kappa shape index (κ3) is 5.07. The monoisotopic (exact) mass is 397 g/mol. The SMILES string of the molecule is CCc1c(-c2cccc(OC(F)(F)F)c2)c(C(N)=O)c(C)n1CCCN(C)C. The summed E-state index contributed by atoms with van der Waals surface area (Å²) in [7, 11) is 3.96. The predicted molar refractivity (Wildman–Crippen MR) is 102 cm³/mol. The summed E-state index contributed by atoms with van der Waals surface area (Å²) in [5.74, 6) is -0.934. The quantitative estimate of drug-likeness (QED) is 0.733. The highest BCUT2D eigenvalue weighted by Crippen LogP contribution is 2.36. The molecule has 2 aromatic rings. The minimum Gasteiger partial charge on any atom is -0.406 e. The Kier molecular flexibility index (Phi) is 6.77. The number of amides is 1. The van der Waals surface area contributed by atoms with E-state index >= 15 is 0 Å². The van der Waals surface area contributed by atoms with Crippen molar-refractivity contribution >= 4 is 5.91 Å². The van der Waals surface area contributed by atoms with Gasteiger partial charge in [0.05, 0.1) is 5.56 Å². The van der Waals surface area contributed by atoms with Crippen molar-refractivity contribution in [2.45, 2.75) is 39.6 Å². The van der Waals surface area contributed by atoms with Crippen molar-refractivity contribution in [2.24, 2.45) is 5.73 Å². The molecule has 0 atom stereocenters. The fraction of sp³-hybridized carbons (Fsp3) is 0.450. The molecule has 28 heavy (non-hydrogen) atoms.